The van der Waals surface area contributed by atoms with Gasteiger partial charge in [-0.15, -0.1) is 5.47 Å². The van der Waals surface area contributed by atoms with Gasteiger partial charge >= 0.3 is 0 Å². The van der Waals surface area contributed by atoms with Gasteiger partial charge in [0.2, 0.25) is 0 Å². The lowest BCUT2D eigenvalue weighted by molar-refractivity contribution is 1.67. The summed E-state index contributed by atoms with van der Waals surface area (Å²) in [6.07, 6.45) is 3.04. The van der Waals surface area contributed by atoms with E-state index in [2.05, 4.69) is 0 Å². The SMILES string of the molecule is [B]C1=CC1. The molecule has 0 bridgehead atoms. The average molecular weight is 49.9 g/mol. The van der Waals surface area contributed by atoms with Crippen LogP contribution in [0.4, 0.5) is 0 Å². The van der Waals surface area contributed by atoms with Gasteiger partial charge in [0.25, 0.3) is 0 Å². The second kappa shape index (κ2) is 0.396. The van der Waals surface area contributed by atoms with Gasteiger partial charge in [-0.05, 0) is 6.42 Å². The molecule has 18 valence electrons. The monoisotopic (exact) mass is 50.0 g/mol. The zero-order chi connectivity index (χ0) is 2.99. The molecule has 0 aromatic carbocycles. The minimum Gasteiger partial charge on any atom is -0.118 e. The molecule has 0 saturated heterocycles. The maximum atomic E-state index is 5.08. The second-order valence-electron chi connectivity index (χ2n) is 0.983. The van der Waals surface area contributed by atoms with E-state index in [9.17, 15) is 0 Å². The van der Waals surface area contributed by atoms with Gasteiger partial charge in [-0.1, -0.05) is 6.08 Å². The van der Waals surface area contributed by atoms with Gasteiger partial charge in [0.05, 0.1) is 0 Å². The third-order valence-electron chi connectivity index (χ3n) is 0.440. The van der Waals surface area contributed by atoms with Crippen LogP contribution in [0.25, 0.3) is 0 Å². The molecule has 2 radical (unpaired) electrons. The van der Waals surface area contributed by atoms with Gasteiger partial charge < -0.3 is 0 Å². The maximum absolute atomic E-state index is 5.08. The van der Waals surface area contributed by atoms with Gasteiger partial charge in [-0.2, -0.15) is 0 Å². The number of hydrogen-bond donors (Lipinski definition) is 0. The van der Waals surface area contributed by atoms with Crippen molar-refractivity contribution >= 4 is 7.85 Å². The van der Waals surface area contributed by atoms with Crippen LogP contribution < -0.4 is 0 Å². The predicted octanol–water partition coefficient (Wildman–Crippen LogP) is 0.442. The van der Waals surface area contributed by atoms with E-state index in [4.69, 9.17) is 7.85 Å². The number of rotatable bonds is 0. The van der Waals surface area contributed by atoms with Crippen LogP contribution in [0.2, 0.25) is 0 Å². The normalized spacial score (nSPS) is 19.5. The van der Waals surface area contributed by atoms with Crippen LogP contribution in [0.1, 0.15) is 6.42 Å². The van der Waals surface area contributed by atoms with E-state index in [0.29, 0.717) is 0 Å². The highest BCUT2D eigenvalue weighted by molar-refractivity contribution is 6.24. The summed E-state index contributed by atoms with van der Waals surface area (Å²) in [6.45, 7) is 0. The Morgan fingerprint density at radius 2 is 2.25 bits per heavy atom. The van der Waals surface area contributed by atoms with Gasteiger partial charge in [-0.25, -0.2) is 0 Å². The Morgan fingerprint density at radius 3 is 2.25 bits per heavy atom. The quantitative estimate of drug-likeness (QED) is 0.349. The summed E-state index contributed by atoms with van der Waals surface area (Å²) >= 11 is 0. The fraction of sp³-hybridized carbons (Fsp3) is 0.333. The third-order valence-corrected chi connectivity index (χ3v) is 0.440. The molecule has 1 aliphatic carbocycles. The summed E-state index contributed by atoms with van der Waals surface area (Å²) in [6, 6.07) is 0. The van der Waals surface area contributed by atoms with Crippen molar-refractivity contribution < 1.29 is 0 Å². The van der Waals surface area contributed by atoms with E-state index >= 15 is 0 Å². The summed E-state index contributed by atoms with van der Waals surface area (Å²) in [4.78, 5) is 0. The van der Waals surface area contributed by atoms with E-state index in [1.807, 2.05) is 6.08 Å². The lowest BCUT2D eigenvalue weighted by atomic mass is 10.1. The Hall–Kier alpha value is -0.195. The summed E-state index contributed by atoms with van der Waals surface area (Å²) in [7, 11) is 5.08. The van der Waals surface area contributed by atoms with E-state index in [-0.39, 0.29) is 0 Å². The number of hydrogen-bond acceptors (Lipinski definition) is 0. The largest absolute Gasteiger partial charge is 0.118 e. The van der Waals surface area contributed by atoms with Gasteiger partial charge in [-0.3, -0.25) is 0 Å². The lowest BCUT2D eigenvalue weighted by Crippen LogP contribution is -1.43. The van der Waals surface area contributed by atoms with Crippen LogP contribution >= 0.6 is 0 Å². The Bertz CT molecular complexity index is 54.3. The summed E-state index contributed by atoms with van der Waals surface area (Å²) in [5.41, 5.74) is 1.04. The minimum atomic E-state index is 1.04. The van der Waals surface area contributed by atoms with Gasteiger partial charge in [0.15, 0.2) is 0 Å². The van der Waals surface area contributed by atoms with Crippen molar-refractivity contribution in [3.63, 3.8) is 0 Å². The molecule has 1 rings (SSSR count). The molecule has 0 atom stereocenters. The highest BCUT2D eigenvalue weighted by Crippen LogP contribution is 2.10. The second-order valence-corrected chi connectivity index (χ2v) is 0.983. The Labute approximate surface area is 26.9 Å². The molecule has 0 spiro atoms. The van der Waals surface area contributed by atoms with Gasteiger partial charge in [0.1, 0.15) is 7.85 Å². The topological polar surface area (TPSA) is 0 Å². The molecule has 0 aromatic rings. The fourth-order valence-corrected chi connectivity index (χ4v) is 0.0589. The predicted molar refractivity (Wildman–Crippen MR) is 18.5 cm³/mol. The molecule has 0 amide bonds. The first-order valence-electron chi connectivity index (χ1n) is 1.34. The summed E-state index contributed by atoms with van der Waals surface area (Å²) < 4.78 is 0. The molecule has 1 aliphatic rings. The molecule has 0 nitrogen and oxygen atoms in total. The molecule has 4 heavy (non-hydrogen) atoms. The first kappa shape index (κ1) is 2.07. The molecular weight excluding hydrogens is 46.8 g/mol. The lowest BCUT2D eigenvalue weighted by Gasteiger charge is -1.46. The van der Waals surface area contributed by atoms with Crippen molar-refractivity contribution in [2.45, 2.75) is 6.42 Å². The summed E-state index contributed by atoms with van der Waals surface area (Å²) in [5.74, 6) is 0. The molecular formula is C3H3B. The minimum absolute atomic E-state index is 1.04. The number of allylic oxidation sites excluding steroid dienone is 2. The van der Waals surface area contributed by atoms with Crippen molar-refractivity contribution in [2.75, 3.05) is 0 Å². The molecule has 0 fully saturated rings. The van der Waals surface area contributed by atoms with Crippen LogP contribution in [0, 0.1) is 0 Å². The molecule has 0 N–H and O–H groups in total. The molecule has 0 unspecified atom stereocenters. The fourth-order valence-electron chi connectivity index (χ4n) is 0.0589. The van der Waals surface area contributed by atoms with E-state index in [1.54, 1.807) is 0 Å². The third kappa shape index (κ3) is 0.149. The molecule has 0 heterocycles. The van der Waals surface area contributed by atoms with Crippen LogP contribution in [0.15, 0.2) is 11.5 Å². The average Bonchev–Trinajstić information content (AvgIpc) is 1.75. The highest BCUT2D eigenvalue weighted by Gasteiger charge is 1.93. The Kier molecular flexibility index (Phi) is 0.205. The van der Waals surface area contributed by atoms with Crippen molar-refractivity contribution in [3.8, 4) is 0 Å². The van der Waals surface area contributed by atoms with Crippen molar-refractivity contribution in [1.82, 2.24) is 0 Å². The zero-order valence-corrected chi connectivity index (χ0v) is 2.36. The smallest absolute Gasteiger partial charge is 0.107 e. The van der Waals surface area contributed by atoms with Gasteiger partial charge in [0, 0.05) is 0 Å². The van der Waals surface area contributed by atoms with E-state index in [1.165, 1.54) is 0 Å². The van der Waals surface area contributed by atoms with E-state index in [0.717, 1.165) is 11.9 Å². The van der Waals surface area contributed by atoms with Crippen molar-refractivity contribution in [1.29, 1.82) is 0 Å². The molecule has 0 aliphatic heterocycles. The van der Waals surface area contributed by atoms with Crippen LogP contribution in [-0.4, -0.2) is 7.85 Å². The Balaban J connectivity index is 2.54. The van der Waals surface area contributed by atoms with Crippen molar-refractivity contribution in [3.05, 3.63) is 11.5 Å². The standard InChI is InChI=1S/C3H3B/c4-3-1-2-3/h1H,2H2. The van der Waals surface area contributed by atoms with Crippen LogP contribution in [-0.2, 0) is 0 Å². The first-order valence-corrected chi connectivity index (χ1v) is 1.34. The maximum Gasteiger partial charge on any atom is 0.107 e. The van der Waals surface area contributed by atoms with E-state index < -0.39 is 0 Å². The van der Waals surface area contributed by atoms with Crippen LogP contribution in [0.5, 0.6) is 0 Å². The Morgan fingerprint density at radius 1 is 2.00 bits per heavy atom. The highest BCUT2D eigenvalue weighted by atomic mass is 13.9. The van der Waals surface area contributed by atoms with Crippen LogP contribution in [0.3, 0.4) is 0 Å². The zero-order valence-electron chi connectivity index (χ0n) is 2.36. The van der Waals surface area contributed by atoms with Crippen molar-refractivity contribution in [2.24, 2.45) is 0 Å². The summed E-state index contributed by atoms with van der Waals surface area (Å²) in [5, 5.41) is 0. The molecule has 0 aromatic heterocycles. The first-order chi connectivity index (χ1) is 1.89. The molecule has 1 heteroatoms. The molecule has 0 saturated carbocycles.